The SMILES string of the molecule is C=C(C)C(=O)OCCO.C=C(Cl)Cl.C=CC(=O)OCCCO. The number of ether oxygens (including phenoxy) is 2. The molecule has 0 radical (unpaired) electrons. The molecule has 0 saturated carbocycles. The second-order valence-electron chi connectivity index (χ2n) is 3.43. The van der Waals surface area contributed by atoms with Gasteiger partial charge in [-0.1, -0.05) is 42.9 Å². The van der Waals surface area contributed by atoms with Crippen LogP contribution in [0.15, 0.2) is 35.9 Å². The van der Waals surface area contributed by atoms with Crippen LogP contribution in [0.25, 0.3) is 0 Å². The standard InChI is InChI=1S/2C6H10O3.C2H2Cl2/c1-5(2)6(8)9-4-3-7;1-2-6(8)9-5-3-4-7;1-2(3)4/h7H,1,3-4H2,2H3;2,7H,1,3-5H2;1H2. The van der Waals surface area contributed by atoms with E-state index in [1.165, 1.54) is 0 Å². The molecule has 0 bridgehead atoms. The third-order valence-corrected chi connectivity index (χ3v) is 1.39. The highest BCUT2D eigenvalue weighted by Gasteiger charge is 1.99. The van der Waals surface area contributed by atoms with Gasteiger partial charge in [0.05, 0.1) is 17.7 Å². The van der Waals surface area contributed by atoms with E-state index in [2.05, 4.69) is 29.2 Å². The number of carbonyl (C=O) groups is 2. The summed E-state index contributed by atoms with van der Waals surface area (Å²) in [4.78, 5) is 20.7. The van der Waals surface area contributed by atoms with Crippen molar-refractivity contribution in [2.45, 2.75) is 13.3 Å². The largest absolute Gasteiger partial charge is 0.462 e. The van der Waals surface area contributed by atoms with Gasteiger partial charge in [0.15, 0.2) is 0 Å². The summed E-state index contributed by atoms with van der Waals surface area (Å²) < 4.78 is 9.09. The zero-order chi connectivity index (χ0) is 18.0. The number of hydrogen-bond donors (Lipinski definition) is 2. The summed E-state index contributed by atoms with van der Waals surface area (Å²) in [6.07, 6.45) is 1.58. The van der Waals surface area contributed by atoms with Crippen molar-refractivity contribution in [2.75, 3.05) is 26.4 Å². The van der Waals surface area contributed by atoms with E-state index < -0.39 is 11.9 Å². The Hall–Kier alpha value is -1.34. The number of esters is 2. The predicted octanol–water partition coefficient (Wildman–Crippen LogP) is 2.13. The molecule has 0 saturated heterocycles. The first-order valence-electron chi connectivity index (χ1n) is 6.06. The van der Waals surface area contributed by atoms with E-state index >= 15 is 0 Å². The van der Waals surface area contributed by atoms with E-state index in [0.717, 1.165) is 6.08 Å². The molecule has 2 N–H and O–H groups in total. The third kappa shape index (κ3) is 31.2. The van der Waals surface area contributed by atoms with Crippen molar-refractivity contribution in [3.63, 3.8) is 0 Å². The van der Waals surface area contributed by atoms with Gasteiger partial charge in [0.2, 0.25) is 0 Å². The minimum atomic E-state index is -0.455. The van der Waals surface area contributed by atoms with E-state index in [4.69, 9.17) is 33.4 Å². The maximum absolute atomic E-state index is 10.5. The lowest BCUT2D eigenvalue weighted by Gasteiger charge is -1.99. The second-order valence-corrected chi connectivity index (χ2v) is 4.53. The van der Waals surface area contributed by atoms with Crippen LogP contribution in [0, 0.1) is 0 Å². The summed E-state index contributed by atoms with van der Waals surface area (Å²) in [5.41, 5.74) is 0.350. The highest BCUT2D eigenvalue weighted by atomic mass is 35.5. The Balaban J connectivity index is -0.000000266. The molecule has 6 nitrogen and oxygen atoms in total. The van der Waals surface area contributed by atoms with Gasteiger partial charge in [0.25, 0.3) is 0 Å². The molecule has 0 aliphatic rings. The number of rotatable bonds is 7. The summed E-state index contributed by atoms with van der Waals surface area (Å²) in [5.74, 6) is -0.896. The van der Waals surface area contributed by atoms with Gasteiger partial charge in [-0.05, 0) is 6.92 Å². The number of carbonyl (C=O) groups excluding carboxylic acids is 2. The quantitative estimate of drug-likeness (QED) is 0.412. The molecule has 0 amide bonds. The van der Waals surface area contributed by atoms with Crippen molar-refractivity contribution < 1.29 is 29.3 Å². The highest BCUT2D eigenvalue weighted by Crippen LogP contribution is 1.98. The Morgan fingerprint density at radius 1 is 1.09 bits per heavy atom. The third-order valence-electron chi connectivity index (χ3n) is 1.39. The predicted molar refractivity (Wildman–Crippen MR) is 86.6 cm³/mol. The molecule has 0 aromatic heterocycles. The lowest BCUT2D eigenvalue weighted by Crippen LogP contribution is -2.08. The fourth-order valence-electron chi connectivity index (χ4n) is 0.558. The lowest BCUT2D eigenvalue weighted by atomic mass is 10.4. The molecule has 0 aromatic rings. The molecule has 22 heavy (non-hydrogen) atoms. The van der Waals surface area contributed by atoms with Crippen molar-refractivity contribution in [3.05, 3.63) is 35.9 Å². The number of aliphatic hydroxyl groups is 2. The van der Waals surface area contributed by atoms with Gasteiger partial charge < -0.3 is 19.7 Å². The van der Waals surface area contributed by atoms with Crippen molar-refractivity contribution >= 4 is 35.1 Å². The average Bonchev–Trinajstić information content (AvgIpc) is 2.44. The lowest BCUT2D eigenvalue weighted by molar-refractivity contribution is -0.140. The first kappa shape index (κ1) is 25.6. The monoisotopic (exact) mass is 356 g/mol. The molecular formula is C14H22Cl2O6. The van der Waals surface area contributed by atoms with E-state index in [1.807, 2.05) is 0 Å². The molecule has 8 heteroatoms. The maximum atomic E-state index is 10.5. The van der Waals surface area contributed by atoms with Crippen LogP contribution in [0.2, 0.25) is 0 Å². The summed E-state index contributed by atoms with van der Waals surface area (Å²) in [6, 6.07) is 0. The zero-order valence-corrected chi connectivity index (χ0v) is 14.0. The molecule has 128 valence electrons. The van der Waals surface area contributed by atoms with E-state index in [0.29, 0.717) is 12.0 Å². The molecule has 0 heterocycles. The van der Waals surface area contributed by atoms with Gasteiger partial charge in [-0.3, -0.25) is 0 Å². The van der Waals surface area contributed by atoms with E-state index in [1.54, 1.807) is 6.92 Å². The van der Waals surface area contributed by atoms with Gasteiger partial charge in [-0.2, -0.15) is 0 Å². The molecular weight excluding hydrogens is 335 g/mol. The average molecular weight is 357 g/mol. The fourth-order valence-corrected chi connectivity index (χ4v) is 0.558. The van der Waals surface area contributed by atoms with Crippen LogP contribution in [0.3, 0.4) is 0 Å². The minimum absolute atomic E-state index is 0.0461. The molecule has 0 rings (SSSR count). The van der Waals surface area contributed by atoms with Crippen LogP contribution >= 0.6 is 23.2 Å². The van der Waals surface area contributed by atoms with E-state index in [-0.39, 0.29) is 30.9 Å². The Bertz CT molecular complexity index is 349. The zero-order valence-electron chi connectivity index (χ0n) is 12.5. The van der Waals surface area contributed by atoms with Crippen molar-refractivity contribution in [3.8, 4) is 0 Å². The van der Waals surface area contributed by atoms with Crippen molar-refractivity contribution in [1.82, 2.24) is 0 Å². The van der Waals surface area contributed by atoms with Gasteiger partial charge >= 0.3 is 11.9 Å². The number of aliphatic hydroxyl groups excluding tert-OH is 2. The normalized spacial score (nSPS) is 8.23. The van der Waals surface area contributed by atoms with Crippen LogP contribution in [0.1, 0.15) is 13.3 Å². The Morgan fingerprint density at radius 3 is 1.91 bits per heavy atom. The first-order chi connectivity index (χ1) is 10.2. The Morgan fingerprint density at radius 2 is 1.59 bits per heavy atom. The highest BCUT2D eigenvalue weighted by molar-refractivity contribution is 6.55. The van der Waals surface area contributed by atoms with Gasteiger partial charge in [0, 0.05) is 24.7 Å². The van der Waals surface area contributed by atoms with E-state index in [9.17, 15) is 9.59 Å². The topological polar surface area (TPSA) is 93.1 Å². The van der Waals surface area contributed by atoms with Crippen molar-refractivity contribution in [2.24, 2.45) is 0 Å². The van der Waals surface area contributed by atoms with Crippen LogP contribution in [-0.4, -0.2) is 48.6 Å². The number of hydrogen-bond acceptors (Lipinski definition) is 6. The van der Waals surface area contributed by atoms with Gasteiger partial charge in [-0.25, -0.2) is 9.59 Å². The van der Waals surface area contributed by atoms with Crippen LogP contribution in [0.5, 0.6) is 0 Å². The first-order valence-corrected chi connectivity index (χ1v) is 6.81. The van der Waals surface area contributed by atoms with Crippen LogP contribution in [-0.2, 0) is 19.1 Å². The smallest absolute Gasteiger partial charge is 0.333 e. The maximum Gasteiger partial charge on any atom is 0.333 e. The fraction of sp³-hybridized carbons (Fsp3) is 0.429. The minimum Gasteiger partial charge on any atom is -0.462 e. The van der Waals surface area contributed by atoms with Crippen LogP contribution < -0.4 is 0 Å². The molecule has 0 spiro atoms. The van der Waals surface area contributed by atoms with Gasteiger partial charge in [0.1, 0.15) is 6.61 Å². The molecule has 0 aromatic carbocycles. The second kappa shape index (κ2) is 19.7. The molecule has 0 aliphatic carbocycles. The molecule has 0 fully saturated rings. The summed E-state index contributed by atoms with van der Waals surface area (Å²) in [5, 5.41) is 16.4. The summed E-state index contributed by atoms with van der Waals surface area (Å²) in [6.45, 7) is 11.4. The van der Waals surface area contributed by atoms with Crippen molar-refractivity contribution in [1.29, 1.82) is 0 Å². The van der Waals surface area contributed by atoms with Crippen LogP contribution in [0.4, 0.5) is 0 Å². The number of halogens is 2. The Kier molecular flexibility index (Phi) is 22.9. The molecule has 0 unspecified atom stereocenters. The van der Waals surface area contributed by atoms with Gasteiger partial charge in [-0.15, -0.1) is 0 Å². The summed E-state index contributed by atoms with van der Waals surface area (Å²) >= 11 is 9.69. The molecule has 0 atom stereocenters. The summed E-state index contributed by atoms with van der Waals surface area (Å²) in [7, 11) is 0. The molecule has 0 aliphatic heterocycles. The Labute approximate surface area is 140 Å².